The summed E-state index contributed by atoms with van der Waals surface area (Å²) >= 11 is 0. The highest BCUT2D eigenvalue weighted by Crippen LogP contribution is 2.26. The zero-order valence-electron chi connectivity index (χ0n) is 16.3. The van der Waals surface area contributed by atoms with Gasteiger partial charge in [-0.2, -0.15) is 0 Å². The van der Waals surface area contributed by atoms with Crippen molar-refractivity contribution in [2.45, 2.75) is 25.4 Å². The highest BCUT2D eigenvalue weighted by Gasteiger charge is 2.25. The van der Waals surface area contributed by atoms with Crippen LogP contribution in [-0.4, -0.2) is 40.5 Å². The summed E-state index contributed by atoms with van der Waals surface area (Å²) < 4.78 is 2.08. The lowest BCUT2D eigenvalue weighted by molar-refractivity contribution is 0.486. The van der Waals surface area contributed by atoms with E-state index in [1.807, 2.05) is 25.8 Å². The number of imidazole rings is 1. The van der Waals surface area contributed by atoms with Crippen LogP contribution in [0.15, 0.2) is 78.3 Å². The molecule has 1 aliphatic rings. The van der Waals surface area contributed by atoms with E-state index in [-0.39, 0.29) is 0 Å². The Morgan fingerprint density at radius 1 is 1.14 bits per heavy atom. The molecule has 3 aromatic rings. The zero-order valence-corrected chi connectivity index (χ0v) is 16.3. The standard InChI is InChI=1S/C23H27N5/c1-24-23(28-12-10-22(17-28)21-8-3-2-4-9-21)26-15-19-6-5-7-20(14-19)16-27-13-11-25-18-27/h2-9,11,13-14,18,22H,10,12,15-17H2,1H3,(H,24,26). The van der Waals surface area contributed by atoms with Crippen molar-refractivity contribution in [2.75, 3.05) is 20.1 Å². The van der Waals surface area contributed by atoms with Gasteiger partial charge >= 0.3 is 0 Å². The summed E-state index contributed by atoms with van der Waals surface area (Å²) in [6.07, 6.45) is 6.83. The highest BCUT2D eigenvalue weighted by molar-refractivity contribution is 5.80. The average Bonchev–Trinajstić information content (AvgIpc) is 3.42. The van der Waals surface area contributed by atoms with E-state index in [2.05, 4.69) is 79.4 Å². The molecule has 2 aromatic carbocycles. The molecule has 1 aromatic heterocycles. The van der Waals surface area contributed by atoms with Crippen molar-refractivity contribution < 1.29 is 0 Å². The molecule has 1 fully saturated rings. The highest BCUT2D eigenvalue weighted by atomic mass is 15.3. The predicted molar refractivity (Wildman–Crippen MR) is 113 cm³/mol. The average molecular weight is 374 g/mol. The van der Waals surface area contributed by atoms with Gasteiger partial charge in [-0.05, 0) is 23.1 Å². The van der Waals surface area contributed by atoms with Crippen LogP contribution in [0.5, 0.6) is 0 Å². The molecule has 4 rings (SSSR count). The van der Waals surface area contributed by atoms with E-state index in [4.69, 9.17) is 0 Å². The molecular weight excluding hydrogens is 346 g/mol. The Balaban J connectivity index is 1.35. The van der Waals surface area contributed by atoms with Gasteiger partial charge in [0, 0.05) is 51.5 Å². The van der Waals surface area contributed by atoms with Crippen molar-refractivity contribution in [2.24, 2.45) is 4.99 Å². The number of guanidine groups is 1. The molecule has 1 unspecified atom stereocenters. The third-order valence-electron chi connectivity index (χ3n) is 5.34. The van der Waals surface area contributed by atoms with Gasteiger partial charge in [0.2, 0.25) is 0 Å². The van der Waals surface area contributed by atoms with Crippen molar-refractivity contribution >= 4 is 5.96 Å². The van der Waals surface area contributed by atoms with Crippen molar-refractivity contribution in [3.8, 4) is 0 Å². The number of likely N-dealkylation sites (tertiary alicyclic amines) is 1. The number of hydrogen-bond acceptors (Lipinski definition) is 2. The Morgan fingerprint density at radius 3 is 2.79 bits per heavy atom. The monoisotopic (exact) mass is 373 g/mol. The van der Waals surface area contributed by atoms with E-state index in [1.165, 1.54) is 23.1 Å². The minimum Gasteiger partial charge on any atom is -0.352 e. The molecule has 0 aliphatic carbocycles. The maximum absolute atomic E-state index is 4.52. The summed E-state index contributed by atoms with van der Waals surface area (Å²) in [5.74, 6) is 1.57. The van der Waals surface area contributed by atoms with E-state index >= 15 is 0 Å². The Labute approximate surface area is 166 Å². The number of benzene rings is 2. The van der Waals surface area contributed by atoms with Crippen LogP contribution in [0.2, 0.25) is 0 Å². The summed E-state index contributed by atoms with van der Waals surface area (Å²) in [4.78, 5) is 11.0. The van der Waals surface area contributed by atoms with Gasteiger partial charge < -0.3 is 14.8 Å². The molecular formula is C23H27N5. The molecule has 1 aliphatic heterocycles. The number of nitrogens with one attached hydrogen (secondary N) is 1. The molecule has 1 saturated heterocycles. The summed E-state index contributed by atoms with van der Waals surface area (Å²) in [6, 6.07) is 19.5. The molecule has 0 bridgehead atoms. The predicted octanol–water partition coefficient (Wildman–Crippen LogP) is 3.50. The van der Waals surface area contributed by atoms with Gasteiger partial charge in [-0.1, -0.05) is 54.6 Å². The largest absolute Gasteiger partial charge is 0.352 e. The Morgan fingerprint density at radius 2 is 2.00 bits per heavy atom. The van der Waals surface area contributed by atoms with Crippen molar-refractivity contribution in [3.05, 3.63) is 90.0 Å². The van der Waals surface area contributed by atoms with Gasteiger partial charge in [0.1, 0.15) is 0 Å². The fourth-order valence-electron chi connectivity index (χ4n) is 3.89. The Hall–Kier alpha value is -3.08. The lowest BCUT2D eigenvalue weighted by Gasteiger charge is -2.22. The van der Waals surface area contributed by atoms with Crippen LogP contribution in [0.1, 0.15) is 29.0 Å². The normalized spacial score (nSPS) is 17.1. The second-order valence-corrected chi connectivity index (χ2v) is 7.30. The second-order valence-electron chi connectivity index (χ2n) is 7.30. The molecule has 0 spiro atoms. The summed E-state index contributed by atoms with van der Waals surface area (Å²) in [5.41, 5.74) is 3.96. The van der Waals surface area contributed by atoms with Gasteiger partial charge in [-0.25, -0.2) is 4.98 Å². The minimum absolute atomic E-state index is 0.582. The number of hydrogen-bond donors (Lipinski definition) is 1. The van der Waals surface area contributed by atoms with Crippen molar-refractivity contribution in [1.82, 2.24) is 19.8 Å². The fraction of sp³-hybridized carbons (Fsp3) is 0.304. The second kappa shape index (κ2) is 8.74. The fourth-order valence-corrected chi connectivity index (χ4v) is 3.89. The molecule has 1 N–H and O–H groups in total. The number of aliphatic imine (C=N–C) groups is 1. The van der Waals surface area contributed by atoms with Gasteiger partial charge in [-0.15, -0.1) is 0 Å². The molecule has 144 valence electrons. The molecule has 2 heterocycles. The zero-order chi connectivity index (χ0) is 19.2. The Kier molecular flexibility index (Phi) is 5.71. The molecule has 5 heteroatoms. The van der Waals surface area contributed by atoms with Gasteiger partial charge in [0.25, 0.3) is 0 Å². The van der Waals surface area contributed by atoms with Crippen LogP contribution < -0.4 is 5.32 Å². The maximum Gasteiger partial charge on any atom is 0.193 e. The Bertz CT molecular complexity index is 902. The quantitative estimate of drug-likeness (QED) is 0.550. The molecule has 28 heavy (non-hydrogen) atoms. The first-order chi connectivity index (χ1) is 13.8. The summed E-state index contributed by atoms with van der Waals surface area (Å²) in [6.45, 7) is 3.68. The van der Waals surface area contributed by atoms with Crippen LogP contribution in [0.25, 0.3) is 0 Å². The molecule has 0 saturated carbocycles. The van der Waals surface area contributed by atoms with E-state index in [1.54, 1.807) is 0 Å². The molecule has 1 atom stereocenters. The SMILES string of the molecule is CN=C(NCc1cccc(Cn2ccnc2)c1)N1CCC(c2ccccc2)C1. The first-order valence-electron chi connectivity index (χ1n) is 9.86. The summed E-state index contributed by atoms with van der Waals surface area (Å²) in [5, 5.41) is 3.54. The number of rotatable bonds is 5. The molecule has 0 radical (unpaired) electrons. The smallest absolute Gasteiger partial charge is 0.193 e. The van der Waals surface area contributed by atoms with Crippen LogP contribution >= 0.6 is 0 Å². The molecule has 0 amide bonds. The van der Waals surface area contributed by atoms with E-state index < -0.39 is 0 Å². The number of nitrogens with zero attached hydrogens (tertiary/aromatic N) is 4. The van der Waals surface area contributed by atoms with Gasteiger partial charge in [-0.3, -0.25) is 4.99 Å². The third kappa shape index (κ3) is 4.42. The lowest BCUT2D eigenvalue weighted by Crippen LogP contribution is -2.39. The van der Waals surface area contributed by atoms with Crippen LogP contribution in [0.4, 0.5) is 0 Å². The first kappa shape index (κ1) is 18.3. The molecule has 5 nitrogen and oxygen atoms in total. The van der Waals surface area contributed by atoms with E-state index in [0.717, 1.165) is 32.1 Å². The van der Waals surface area contributed by atoms with Crippen molar-refractivity contribution in [3.63, 3.8) is 0 Å². The van der Waals surface area contributed by atoms with Gasteiger partial charge in [0.05, 0.1) is 6.33 Å². The van der Waals surface area contributed by atoms with Crippen LogP contribution in [0, 0.1) is 0 Å². The summed E-state index contributed by atoms with van der Waals surface area (Å²) in [7, 11) is 1.87. The van der Waals surface area contributed by atoms with Crippen LogP contribution in [-0.2, 0) is 13.1 Å². The van der Waals surface area contributed by atoms with E-state index in [0.29, 0.717) is 5.92 Å². The minimum atomic E-state index is 0.582. The van der Waals surface area contributed by atoms with Gasteiger partial charge in [0.15, 0.2) is 5.96 Å². The number of aromatic nitrogens is 2. The topological polar surface area (TPSA) is 45.5 Å². The van der Waals surface area contributed by atoms with Crippen LogP contribution in [0.3, 0.4) is 0 Å². The maximum atomic E-state index is 4.52. The van der Waals surface area contributed by atoms with E-state index in [9.17, 15) is 0 Å². The van der Waals surface area contributed by atoms with Crippen molar-refractivity contribution in [1.29, 1.82) is 0 Å². The third-order valence-corrected chi connectivity index (χ3v) is 5.34. The lowest BCUT2D eigenvalue weighted by atomic mass is 9.99. The first-order valence-corrected chi connectivity index (χ1v) is 9.86.